The number of aromatic nitrogens is 3. The number of likely N-dealkylation sites (tertiary alicyclic amines) is 1. The van der Waals surface area contributed by atoms with E-state index >= 15 is 0 Å². The Kier molecular flexibility index (Phi) is 7.27. The lowest BCUT2D eigenvalue weighted by Gasteiger charge is -2.31. The van der Waals surface area contributed by atoms with Gasteiger partial charge in [0.25, 0.3) is 5.91 Å². The van der Waals surface area contributed by atoms with Gasteiger partial charge in [0.15, 0.2) is 0 Å². The van der Waals surface area contributed by atoms with Gasteiger partial charge in [-0.1, -0.05) is 23.7 Å². The molecule has 0 saturated carbocycles. The summed E-state index contributed by atoms with van der Waals surface area (Å²) in [4.78, 5) is 44.5. The quantitative estimate of drug-likeness (QED) is 0.629. The molecule has 2 aromatic rings. The number of halogens is 1. The molecule has 166 valence electrons. The number of rotatable bonds is 6. The number of piperidine rings is 1. The van der Waals surface area contributed by atoms with Crippen LogP contribution in [0.5, 0.6) is 0 Å². The highest BCUT2D eigenvalue weighted by atomic mass is 35.5. The van der Waals surface area contributed by atoms with E-state index in [0.717, 1.165) is 0 Å². The zero-order valence-corrected chi connectivity index (χ0v) is 18.6. The predicted octanol–water partition coefficient (Wildman–Crippen LogP) is 2.10. The summed E-state index contributed by atoms with van der Waals surface area (Å²) in [6, 6.07) is 7.14. The Labute approximate surface area is 185 Å². The average Bonchev–Trinajstić information content (AvgIpc) is 3.15. The highest BCUT2D eigenvalue weighted by molar-refractivity contribution is 6.32. The molecule has 2 amide bonds. The average molecular weight is 448 g/mol. The largest absolute Gasteiger partial charge is 0.466 e. The second-order valence-electron chi connectivity index (χ2n) is 7.41. The Bertz CT molecular complexity index is 968. The number of aryl methyl sites for hydroxylation is 1. The Morgan fingerprint density at radius 2 is 1.90 bits per heavy atom. The molecule has 0 unspecified atom stereocenters. The smallest absolute Gasteiger partial charge is 0.309 e. The van der Waals surface area contributed by atoms with Crippen LogP contribution in [-0.2, 0) is 14.3 Å². The molecule has 0 atom stereocenters. The van der Waals surface area contributed by atoms with E-state index in [4.69, 9.17) is 16.3 Å². The van der Waals surface area contributed by atoms with Crippen LogP contribution in [0.25, 0.3) is 5.69 Å². The second-order valence-corrected chi connectivity index (χ2v) is 7.82. The van der Waals surface area contributed by atoms with E-state index in [0.29, 0.717) is 49.1 Å². The molecule has 1 aromatic carbocycles. The summed E-state index contributed by atoms with van der Waals surface area (Å²) >= 11 is 6.22. The molecule has 2 heterocycles. The van der Waals surface area contributed by atoms with Crippen molar-refractivity contribution >= 4 is 29.4 Å². The number of esters is 1. The number of likely N-dealkylation sites (N-methyl/N-ethyl adjacent to an activating group) is 1. The monoisotopic (exact) mass is 447 g/mol. The van der Waals surface area contributed by atoms with Crippen molar-refractivity contribution in [3.05, 3.63) is 40.9 Å². The molecule has 10 heteroatoms. The van der Waals surface area contributed by atoms with Crippen LogP contribution in [0, 0.1) is 12.8 Å². The Hall–Kier alpha value is -2.94. The maximum atomic E-state index is 12.8. The van der Waals surface area contributed by atoms with Gasteiger partial charge in [-0.25, -0.2) is 9.67 Å². The first-order valence-electron chi connectivity index (χ1n) is 10.2. The van der Waals surface area contributed by atoms with Crippen molar-refractivity contribution in [1.82, 2.24) is 24.6 Å². The molecule has 0 radical (unpaired) electrons. The van der Waals surface area contributed by atoms with E-state index in [9.17, 15) is 14.4 Å². The first-order chi connectivity index (χ1) is 14.8. The predicted molar refractivity (Wildman–Crippen MR) is 114 cm³/mol. The van der Waals surface area contributed by atoms with Crippen molar-refractivity contribution in [3.63, 3.8) is 0 Å². The summed E-state index contributed by atoms with van der Waals surface area (Å²) in [5.41, 5.74) is 0.622. The Balaban J connectivity index is 1.60. The van der Waals surface area contributed by atoms with Crippen LogP contribution in [0.1, 0.15) is 36.2 Å². The number of nitrogens with zero attached hydrogens (tertiary/aromatic N) is 5. The third-order valence-electron chi connectivity index (χ3n) is 5.23. The first-order valence-corrected chi connectivity index (χ1v) is 10.6. The van der Waals surface area contributed by atoms with E-state index < -0.39 is 5.91 Å². The van der Waals surface area contributed by atoms with Crippen LogP contribution in [0.4, 0.5) is 0 Å². The molecule has 1 aliphatic rings. The SMILES string of the molecule is CCOC(=O)C1CCN(C(=O)CN(C)C(=O)c2nc(C)n(-c3ccccc3Cl)n2)CC1. The van der Waals surface area contributed by atoms with Crippen molar-refractivity contribution < 1.29 is 19.1 Å². The van der Waals surface area contributed by atoms with E-state index in [2.05, 4.69) is 10.1 Å². The third kappa shape index (κ3) is 5.22. The van der Waals surface area contributed by atoms with Crippen molar-refractivity contribution in [1.29, 1.82) is 0 Å². The molecule has 0 bridgehead atoms. The number of carbonyl (C=O) groups excluding carboxylic acids is 3. The lowest BCUT2D eigenvalue weighted by atomic mass is 9.97. The molecule has 1 saturated heterocycles. The molecule has 1 aliphatic heterocycles. The third-order valence-corrected chi connectivity index (χ3v) is 5.55. The number of hydrogen-bond donors (Lipinski definition) is 0. The number of benzene rings is 1. The maximum absolute atomic E-state index is 12.8. The minimum atomic E-state index is -0.455. The fraction of sp³-hybridized carbons (Fsp3) is 0.476. The van der Waals surface area contributed by atoms with Gasteiger partial charge in [0.1, 0.15) is 5.82 Å². The fourth-order valence-corrected chi connectivity index (χ4v) is 3.72. The van der Waals surface area contributed by atoms with E-state index in [1.807, 2.05) is 6.07 Å². The molecule has 0 spiro atoms. The topological polar surface area (TPSA) is 97.6 Å². The van der Waals surface area contributed by atoms with E-state index in [1.54, 1.807) is 36.9 Å². The Morgan fingerprint density at radius 1 is 1.23 bits per heavy atom. The van der Waals surface area contributed by atoms with Crippen LogP contribution < -0.4 is 0 Å². The maximum Gasteiger partial charge on any atom is 0.309 e. The van der Waals surface area contributed by atoms with Gasteiger partial charge >= 0.3 is 5.97 Å². The lowest BCUT2D eigenvalue weighted by Crippen LogP contribution is -2.45. The number of para-hydroxylation sites is 1. The highest BCUT2D eigenvalue weighted by Gasteiger charge is 2.29. The number of carbonyl (C=O) groups is 3. The lowest BCUT2D eigenvalue weighted by molar-refractivity contribution is -0.151. The summed E-state index contributed by atoms with van der Waals surface area (Å²) in [6.45, 7) is 4.68. The van der Waals surface area contributed by atoms with Gasteiger partial charge in [0.05, 0.1) is 29.8 Å². The van der Waals surface area contributed by atoms with Gasteiger partial charge in [0.2, 0.25) is 11.7 Å². The summed E-state index contributed by atoms with van der Waals surface area (Å²) in [5, 5.41) is 4.77. The minimum absolute atomic E-state index is 0.00580. The normalized spacial score (nSPS) is 14.4. The van der Waals surface area contributed by atoms with Crippen molar-refractivity contribution in [2.45, 2.75) is 26.7 Å². The summed E-state index contributed by atoms with van der Waals surface area (Å²) in [6.07, 6.45) is 1.12. The minimum Gasteiger partial charge on any atom is -0.466 e. The van der Waals surface area contributed by atoms with Crippen LogP contribution in [-0.4, -0.2) is 75.6 Å². The number of hydrogen-bond acceptors (Lipinski definition) is 6. The van der Waals surface area contributed by atoms with Crippen molar-refractivity contribution in [2.75, 3.05) is 33.3 Å². The van der Waals surface area contributed by atoms with Gasteiger partial charge in [-0.05, 0) is 38.8 Å². The van der Waals surface area contributed by atoms with E-state index in [1.165, 1.54) is 16.6 Å². The van der Waals surface area contributed by atoms with Gasteiger partial charge in [-0.15, -0.1) is 5.10 Å². The highest BCUT2D eigenvalue weighted by Crippen LogP contribution is 2.21. The molecular weight excluding hydrogens is 422 g/mol. The second kappa shape index (κ2) is 9.91. The van der Waals surface area contributed by atoms with Crippen LogP contribution >= 0.6 is 11.6 Å². The molecule has 3 rings (SSSR count). The molecule has 0 aliphatic carbocycles. The van der Waals surface area contributed by atoms with Crippen LogP contribution in [0.2, 0.25) is 5.02 Å². The molecule has 1 aromatic heterocycles. The van der Waals surface area contributed by atoms with Crippen molar-refractivity contribution in [2.24, 2.45) is 5.92 Å². The summed E-state index contributed by atoms with van der Waals surface area (Å²) in [7, 11) is 1.54. The fourth-order valence-electron chi connectivity index (χ4n) is 3.50. The van der Waals surface area contributed by atoms with Gasteiger partial charge in [0, 0.05) is 20.1 Å². The molecular formula is C21H26ClN5O4. The Morgan fingerprint density at radius 3 is 2.55 bits per heavy atom. The molecule has 9 nitrogen and oxygen atoms in total. The number of ether oxygens (including phenoxy) is 1. The van der Waals surface area contributed by atoms with Gasteiger partial charge in [-0.3, -0.25) is 14.4 Å². The summed E-state index contributed by atoms with van der Waals surface area (Å²) in [5.74, 6) is -0.517. The van der Waals surface area contributed by atoms with Crippen LogP contribution in [0.15, 0.2) is 24.3 Å². The van der Waals surface area contributed by atoms with E-state index in [-0.39, 0.29) is 30.2 Å². The van der Waals surface area contributed by atoms with Gasteiger partial charge in [-0.2, -0.15) is 0 Å². The molecule has 0 N–H and O–H groups in total. The first kappa shape index (κ1) is 22.7. The zero-order valence-electron chi connectivity index (χ0n) is 17.9. The standard InChI is InChI=1S/C21H26ClN5O4/c1-4-31-21(30)15-9-11-26(12-10-15)18(28)13-25(3)20(29)19-23-14(2)27(24-19)17-8-6-5-7-16(17)22/h5-8,15H,4,9-13H2,1-3H3. The zero-order chi connectivity index (χ0) is 22.5. The summed E-state index contributed by atoms with van der Waals surface area (Å²) < 4.78 is 6.56. The molecule has 31 heavy (non-hydrogen) atoms. The van der Waals surface area contributed by atoms with Gasteiger partial charge < -0.3 is 14.5 Å². The van der Waals surface area contributed by atoms with Crippen LogP contribution in [0.3, 0.4) is 0 Å². The molecule has 1 fully saturated rings. The van der Waals surface area contributed by atoms with Crippen molar-refractivity contribution in [3.8, 4) is 5.69 Å². The number of amides is 2.